The Hall–Kier alpha value is -2.80. The van der Waals surface area contributed by atoms with Gasteiger partial charge in [-0.05, 0) is 31.5 Å². The zero-order valence-electron chi connectivity index (χ0n) is 15.9. The molecular formula is C21H23NO5S. The molecule has 2 aromatic carbocycles. The van der Waals surface area contributed by atoms with Crippen molar-refractivity contribution in [3.05, 3.63) is 65.2 Å². The summed E-state index contributed by atoms with van der Waals surface area (Å²) in [5, 5.41) is 2.57. The maximum absolute atomic E-state index is 12.0. The molecule has 0 unspecified atom stereocenters. The summed E-state index contributed by atoms with van der Waals surface area (Å²) in [6.45, 7) is 3.54. The van der Waals surface area contributed by atoms with Gasteiger partial charge < -0.3 is 14.8 Å². The monoisotopic (exact) mass is 401 g/mol. The third-order valence-electron chi connectivity index (χ3n) is 3.67. The number of anilines is 1. The van der Waals surface area contributed by atoms with E-state index in [0.717, 1.165) is 5.56 Å². The molecule has 0 bridgehead atoms. The van der Waals surface area contributed by atoms with E-state index in [-0.39, 0.29) is 17.9 Å². The highest BCUT2D eigenvalue weighted by Gasteiger charge is 2.15. The molecule has 0 aliphatic heterocycles. The van der Waals surface area contributed by atoms with Crippen molar-refractivity contribution in [3.8, 4) is 0 Å². The minimum atomic E-state index is -0.525. The minimum absolute atomic E-state index is 0.153. The van der Waals surface area contributed by atoms with Crippen molar-refractivity contribution < 1.29 is 23.9 Å². The molecule has 0 aromatic heterocycles. The molecule has 1 N–H and O–H groups in total. The van der Waals surface area contributed by atoms with Crippen LogP contribution in [-0.2, 0) is 24.8 Å². The number of hydrogen-bond donors (Lipinski definition) is 1. The third kappa shape index (κ3) is 7.08. The molecule has 28 heavy (non-hydrogen) atoms. The number of para-hydroxylation sites is 1. The van der Waals surface area contributed by atoms with E-state index in [1.54, 1.807) is 31.2 Å². The second-order valence-electron chi connectivity index (χ2n) is 5.95. The number of esters is 2. The molecule has 0 heterocycles. The van der Waals surface area contributed by atoms with Gasteiger partial charge in [0.05, 0.1) is 23.6 Å². The number of rotatable bonds is 9. The van der Waals surface area contributed by atoms with Gasteiger partial charge in [-0.1, -0.05) is 42.0 Å². The zero-order valence-corrected chi connectivity index (χ0v) is 16.7. The molecule has 2 aromatic rings. The van der Waals surface area contributed by atoms with E-state index >= 15 is 0 Å². The largest absolute Gasteiger partial charge is 0.462 e. The number of benzene rings is 2. The number of thioether (sulfide) groups is 1. The first kappa shape index (κ1) is 21.5. The van der Waals surface area contributed by atoms with Gasteiger partial charge >= 0.3 is 11.9 Å². The van der Waals surface area contributed by atoms with Gasteiger partial charge in [-0.25, -0.2) is 4.79 Å². The van der Waals surface area contributed by atoms with Crippen LogP contribution in [0.1, 0.15) is 28.4 Å². The molecule has 0 radical (unpaired) electrons. The summed E-state index contributed by atoms with van der Waals surface area (Å²) in [6, 6.07) is 14.6. The molecule has 1 amide bonds. The Labute approximate surface area is 168 Å². The normalized spacial score (nSPS) is 10.2. The zero-order chi connectivity index (χ0) is 20.4. The molecule has 148 valence electrons. The first-order chi connectivity index (χ1) is 13.5. The Bertz CT molecular complexity index is 820. The minimum Gasteiger partial charge on any atom is -0.462 e. The molecule has 0 aliphatic rings. The Morgan fingerprint density at radius 3 is 2.43 bits per heavy atom. The molecule has 0 aliphatic carbocycles. The van der Waals surface area contributed by atoms with E-state index in [1.165, 1.54) is 17.3 Å². The van der Waals surface area contributed by atoms with Crippen LogP contribution in [0.4, 0.5) is 5.69 Å². The highest BCUT2D eigenvalue weighted by molar-refractivity contribution is 7.99. The van der Waals surface area contributed by atoms with Gasteiger partial charge in [0.15, 0.2) is 6.61 Å². The van der Waals surface area contributed by atoms with Crippen molar-refractivity contribution in [2.45, 2.75) is 19.6 Å². The molecule has 6 nitrogen and oxygen atoms in total. The quantitative estimate of drug-likeness (QED) is 0.647. The maximum atomic E-state index is 12.0. The molecule has 2 rings (SSSR count). The van der Waals surface area contributed by atoms with Gasteiger partial charge in [0.1, 0.15) is 0 Å². The van der Waals surface area contributed by atoms with Gasteiger partial charge in [-0.15, -0.1) is 11.8 Å². The van der Waals surface area contributed by atoms with Crippen LogP contribution in [0.25, 0.3) is 0 Å². The third-order valence-corrected chi connectivity index (χ3v) is 4.65. The number of aryl methyl sites for hydroxylation is 1. The smallest absolute Gasteiger partial charge is 0.340 e. The average Bonchev–Trinajstić information content (AvgIpc) is 2.68. The van der Waals surface area contributed by atoms with Gasteiger partial charge in [-0.2, -0.15) is 0 Å². The number of ether oxygens (including phenoxy) is 2. The summed E-state index contributed by atoms with van der Waals surface area (Å²) < 4.78 is 9.95. The van der Waals surface area contributed by atoms with E-state index < -0.39 is 24.5 Å². The number of hydrogen-bond acceptors (Lipinski definition) is 6. The second-order valence-corrected chi connectivity index (χ2v) is 6.94. The fraction of sp³-hybridized carbons (Fsp3) is 0.286. The van der Waals surface area contributed by atoms with Crippen LogP contribution in [0.2, 0.25) is 0 Å². The van der Waals surface area contributed by atoms with Crippen LogP contribution in [-0.4, -0.2) is 36.8 Å². The molecule has 0 saturated heterocycles. The first-order valence-corrected chi connectivity index (χ1v) is 10.00. The van der Waals surface area contributed by atoms with Crippen LogP contribution in [0.5, 0.6) is 0 Å². The van der Waals surface area contributed by atoms with Gasteiger partial charge in [0, 0.05) is 5.75 Å². The highest BCUT2D eigenvalue weighted by Crippen LogP contribution is 2.16. The van der Waals surface area contributed by atoms with Crippen molar-refractivity contribution in [3.63, 3.8) is 0 Å². The van der Waals surface area contributed by atoms with Gasteiger partial charge in [0.25, 0.3) is 5.91 Å². The van der Waals surface area contributed by atoms with Gasteiger partial charge in [-0.3, -0.25) is 9.59 Å². The fourth-order valence-electron chi connectivity index (χ4n) is 2.29. The summed E-state index contributed by atoms with van der Waals surface area (Å²) in [6.07, 6.45) is 0. The molecule has 0 saturated carbocycles. The molecule has 7 heteroatoms. The summed E-state index contributed by atoms with van der Waals surface area (Å²) in [5.74, 6) is -0.669. The fourth-order valence-corrected chi connectivity index (χ4v) is 3.07. The number of amides is 1. The Morgan fingerprint density at radius 1 is 1.00 bits per heavy atom. The Morgan fingerprint density at radius 2 is 1.71 bits per heavy atom. The van der Waals surface area contributed by atoms with Gasteiger partial charge in [0.2, 0.25) is 0 Å². The first-order valence-electron chi connectivity index (χ1n) is 8.84. The topological polar surface area (TPSA) is 81.7 Å². The summed E-state index contributed by atoms with van der Waals surface area (Å²) in [5.41, 5.74) is 2.87. The lowest BCUT2D eigenvalue weighted by atomic mass is 10.2. The number of nitrogens with one attached hydrogen (secondary N) is 1. The van der Waals surface area contributed by atoms with E-state index in [1.807, 2.05) is 31.2 Å². The van der Waals surface area contributed by atoms with E-state index in [0.29, 0.717) is 11.4 Å². The van der Waals surface area contributed by atoms with Crippen molar-refractivity contribution in [2.24, 2.45) is 0 Å². The van der Waals surface area contributed by atoms with Crippen LogP contribution in [0, 0.1) is 6.92 Å². The van der Waals surface area contributed by atoms with E-state index in [9.17, 15) is 14.4 Å². The van der Waals surface area contributed by atoms with Crippen LogP contribution in [0.15, 0.2) is 48.5 Å². The lowest BCUT2D eigenvalue weighted by molar-refractivity contribution is -0.144. The summed E-state index contributed by atoms with van der Waals surface area (Å²) in [7, 11) is 0. The SMILES string of the molecule is CCOC(=O)c1ccccc1NC(=O)COC(=O)CSCc1ccc(C)cc1. The average molecular weight is 401 g/mol. The standard InChI is InChI=1S/C21H23NO5S/c1-3-26-21(25)17-6-4-5-7-18(17)22-19(23)12-27-20(24)14-28-13-16-10-8-15(2)9-11-16/h4-11H,3,12-14H2,1-2H3,(H,22,23). The predicted molar refractivity (Wildman–Crippen MR) is 109 cm³/mol. The summed E-state index contributed by atoms with van der Waals surface area (Å²) in [4.78, 5) is 35.7. The summed E-state index contributed by atoms with van der Waals surface area (Å²) >= 11 is 1.42. The molecule has 0 spiro atoms. The van der Waals surface area contributed by atoms with Crippen molar-refractivity contribution >= 4 is 35.3 Å². The van der Waals surface area contributed by atoms with Crippen LogP contribution < -0.4 is 5.32 Å². The Balaban J connectivity index is 1.75. The van der Waals surface area contributed by atoms with E-state index in [2.05, 4.69) is 5.32 Å². The lowest BCUT2D eigenvalue weighted by Gasteiger charge is -2.10. The molecule has 0 fully saturated rings. The molecular weight excluding hydrogens is 378 g/mol. The van der Waals surface area contributed by atoms with Crippen molar-refractivity contribution in [1.29, 1.82) is 0 Å². The molecule has 0 atom stereocenters. The number of carbonyl (C=O) groups excluding carboxylic acids is 3. The highest BCUT2D eigenvalue weighted by atomic mass is 32.2. The van der Waals surface area contributed by atoms with Crippen molar-refractivity contribution in [1.82, 2.24) is 0 Å². The predicted octanol–water partition coefficient (Wildman–Crippen LogP) is 3.59. The van der Waals surface area contributed by atoms with E-state index in [4.69, 9.17) is 9.47 Å². The van der Waals surface area contributed by atoms with Crippen LogP contribution >= 0.6 is 11.8 Å². The lowest BCUT2D eigenvalue weighted by Crippen LogP contribution is -2.23. The second kappa shape index (κ2) is 11.1. The number of carbonyl (C=O) groups is 3. The van der Waals surface area contributed by atoms with Crippen molar-refractivity contribution in [2.75, 3.05) is 24.3 Å². The Kier molecular flexibility index (Phi) is 8.55. The maximum Gasteiger partial charge on any atom is 0.340 e. The van der Waals surface area contributed by atoms with Crippen LogP contribution in [0.3, 0.4) is 0 Å².